The molecule has 4 rings (SSSR count). The van der Waals surface area contributed by atoms with E-state index in [4.69, 9.17) is 11.6 Å². The first-order valence-corrected chi connectivity index (χ1v) is 8.18. The van der Waals surface area contributed by atoms with Gasteiger partial charge in [-0.2, -0.15) is 5.26 Å². The van der Waals surface area contributed by atoms with Crippen molar-refractivity contribution in [2.24, 2.45) is 0 Å². The molecule has 2 N–H and O–H groups in total. The fourth-order valence-corrected chi connectivity index (χ4v) is 3.39. The number of rotatable bonds is 2. The monoisotopic (exact) mass is 339 g/mol. The van der Waals surface area contributed by atoms with Gasteiger partial charge in [-0.05, 0) is 23.7 Å². The van der Waals surface area contributed by atoms with Crippen LogP contribution in [-0.2, 0) is 0 Å². The predicted molar refractivity (Wildman–Crippen MR) is 93.2 cm³/mol. The van der Waals surface area contributed by atoms with E-state index in [-0.39, 0.29) is 0 Å². The Hall–Kier alpha value is -2.78. The van der Waals surface area contributed by atoms with Gasteiger partial charge in [-0.1, -0.05) is 17.1 Å². The summed E-state index contributed by atoms with van der Waals surface area (Å²) in [6, 6.07) is 11.9. The van der Waals surface area contributed by atoms with Crippen LogP contribution < -0.4 is 14.8 Å². The first-order chi connectivity index (χ1) is 11.8. The molecule has 1 saturated heterocycles. The highest BCUT2D eigenvalue weighted by atomic mass is 35.5. The van der Waals surface area contributed by atoms with Gasteiger partial charge in [0.25, 0.3) is 0 Å². The number of aromatic nitrogens is 3. The van der Waals surface area contributed by atoms with Crippen molar-refractivity contribution < 1.29 is 4.98 Å². The molecule has 7 heteroatoms. The lowest BCUT2D eigenvalue weighted by Gasteiger charge is -2.37. The molecule has 0 unspecified atom stereocenters. The minimum Gasteiger partial charge on any atom is -0.367 e. The lowest BCUT2D eigenvalue weighted by molar-refractivity contribution is -0.347. The normalized spacial score (nSPS) is 14.8. The lowest BCUT2D eigenvalue weighted by atomic mass is 10.1. The molecule has 0 spiro atoms. The molecule has 1 aliphatic rings. The molecule has 120 valence electrons. The van der Waals surface area contributed by atoms with Crippen LogP contribution in [-0.4, -0.2) is 36.1 Å². The average molecular weight is 340 g/mol. The molecule has 0 aliphatic carbocycles. The summed E-state index contributed by atoms with van der Waals surface area (Å²) in [5, 5.41) is 9.77. The Morgan fingerprint density at radius 2 is 1.83 bits per heavy atom. The fourth-order valence-electron chi connectivity index (χ4n) is 3.21. The third-order valence-corrected chi connectivity index (χ3v) is 4.57. The predicted octanol–water partition coefficient (Wildman–Crippen LogP) is 2.23. The number of nitriles is 1. The van der Waals surface area contributed by atoms with E-state index in [1.54, 1.807) is 6.33 Å². The van der Waals surface area contributed by atoms with E-state index >= 15 is 0 Å². The van der Waals surface area contributed by atoms with Gasteiger partial charge < -0.3 is 9.80 Å². The number of para-hydroxylation sites is 1. The first kappa shape index (κ1) is 14.8. The average Bonchev–Trinajstić information content (AvgIpc) is 3.09. The quantitative estimate of drug-likeness (QED) is 0.727. The molecule has 1 aromatic carbocycles. The van der Waals surface area contributed by atoms with Gasteiger partial charge in [-0.3, -0.25) is 4.98 Å². The van der Waals surface area contributed by atoms with Gasteiger partial charge in [0.15, 0.2) is 11.8 Å². The van der Waals surface area contributed by atoms with E-state index in [1.807, 2.05) is 30.3 Å². The molecule has 2 aromatic heterocycles. The van der Waals surface area contributed by atoms with Crippen molar-refractivity contribution in [2.45, 2.75) is 0 Å². The van der Waals surface area contributed by atoms with Crippen LogP contribution in [0, 0.1) is 11.3 Å². The van der Waals surface area contributed by atoms with E-state index in [0.29, 0.717) is 5.15 Å². The molecule has 0 atom stereocenters. The van der Waals surface area contributed by atoms with E-state index in [9.17, 15) is 5.26 Å². The van der Waals surface area contributed by atoms with Crippen LogP contribution in [0.25, 0.3) is 11.2 Å². The number of anilines is 2. The Labute approximate surface area is 144 Å². The van der Waals surface area contributed by atoms with Gasteiger partial charge in [0, 0.05) is 32.2 Å². The molecule has 1 fully saturated rings. The van der Waals surface area contributed by atoms with Crippen molar-refractivity contribution in [3.63, 3.8) is 0 Å². The number of imidazole rings is 1. The summed E-state index contributed by atoms with van der Waals surface area (Å²) in [6.07, 6.45) is 1.76. The molecule has 1 aliphatic heterocycles. The number of nitrogens with zero attached hydrogens (tertiary/aromatic N) is 4. The fraction of sp³-hybridized carbons (Fsp3) is 0.235. The van der Waals surface area contributed by atoms with Crippen molar-refractivity contribution in [1.29, 1.82) is 5.26 Å². The summed E-state index contributed by atoms with van der Waals surface area (Å²) in [5.41, 5.74) is 4.50. The maximum atomic E-state index is 9.29. The molecule has 0 saturated carbocycles. The molecule has 6 nitrogen and oxygen atoms in total. The van der Waals surface area contributed by atoms with Crippen LogP contribution >= 0.6 is 11.6 Å². The second-order valence-electron chi connectivity index (χ2n) is 5.72. The minimum atomic E-state index is 0.477. The number of nitrogens with one attached hydrogen (secondary N) is 2. The zero-order valence-electron chi connectivity index (χ0n) is 13.0. The Morgan fingerprint density at radius 3 is 2.58 bits per heavy atom. The highest BCUT2D eigenvalue weighted by Gasteiger charge is 2.23. The Morgan fingerprint density at radius 1 is 1.12 bits per heavy atom. The highest BCUT2D eigenvalue weighted by molar-refractivity contribution is 6.30. The molecule has 3 aromatic rings. The van der Waals surface area contributed by atoms with E-state index in [2.05, 4.69) is 30.8 Å². The number of aromatic amines is 2. The molecule has 3 heterocycles. The summed E-state index contributed by atoms with van der Waals surface area (Å²) >= 11 is 6.15. The van der Waals surface area contributed by atoms with Gasteiger partial charge in [0.05, 0.1) is 16.9 Å². The number of halogens is 1. The summed E-state index contributed by atoms with van der Waals surface area (Å²) in [5.74, 6) is 0. The van der Waals surface area contributed by atoms with Crippen LogP contribution in [0.4, 0.5) is 11.4 Å². The summed E-state index contributed by atoms with van der Waals surface area (Å²) in [6.45, 7) is 3.41. The molecule has 0 bridgehead atoms. The number of benzene rings is 1. The third-order valence-electron chi connectivity index (χ3n) is 4.38. The summed E-state index contributed by atoms with van der Waals surface area (Å²) in [7, 11) is 0. The number of H-pyrrole nitrogens is 2. The van der Waals surface area contributed by atoms with E-state index in [1.165, 1.54) is 0 Å². The Bertz CT molecular complexity index is 920. The van der Waals surface area contributed by atoms with Crippen molar-refractivity contribution >= 4 is 34.1 Å². The molecule has 24 heavy (non-hydrogen) atoms. The third kappa shape index (κ3) is 2.53. The number of hydrogen-bond acceptors (Lipinski definition) is 4. The lowest BCUT2D eigenvalue weighted by Crippen LogP contribution is -2.46. The Kier molecular flexibility index (Phi) is 3.71. The molecule has 0 radical (unpaired) electrons. The van der Waals surface area contributed by atoms with Gasteiger partial charge >= 0.3 is 5.65 Å². The van der Waals surface area contributed by atoms with Gasteiger partial charge in [-0.25, -0.2) is 4.98 Å². The molecular formula is C17H16ClN6+. The zero-order chi connectivity index (χ0) is 16.5. The van der Waals surface area contributed by atoms with E-state index < -0.39 is 0 Å². The summed E-state index contributed by atoms with van der Waals surface area (Å²) < 4.78 is 0. The largest absolute Gasteiger partial charge is 0.367 e. The standard InChI is InChI=1S/C17H15ClN6/c18-15-9-14(16-17(22-15)21-11-20-16)24-7-5-23(6-8-24)13-4-2-1-3-12(13)10-19/h1-4,9,11H,5-8H2,(H,20,21,22)/p+1. The summed E-state index contributed by atoms with van der Waals surface area (Å²) in [4.78, 5) is 15.1. The van der Waals surface area contributed by atoms with Gasteiger partial charge in [-0.15, -0.1) is 0 Å². The second-order valence-corrected chi connectivity index (χ2v) is 6.11. The van der Waals surface area contributed by atoms with Crippen molar-refractivity contribution in [3.8, 4) is 6.07 Å². The van der Waals surface area contributed by atoms with Crippen molar-refractivity contribution in [2.75, 3.05) is 36.0 Å². The number of piperazine rings is 1. The van der Waals surface area contributed by atoms with Crippen LogP contribution in [0.3, 0.4) is 0 Å². The van der Waals surface area contributed by atoms with Gasteiger partial charge in [0.2, 0.25) is 5.15 Å². The smallest absolute Gasteiger partial charge is 0.302 e. The van der Waals surface area contributed by atoms with Crippen molar-refractivity contribution in [1.82, 2.24) is 9.97 Å². The SMILES string of the molecule is N#Cc1ccccc1N1CCN(c2cc(Cl)nc3[nH+]c[nH]c23)CC1. The second kappa shape index (κ2) is 6.02. The van der Waals surface area contributed by atoms with E-state index in [0.717, 1.165) is 54.3 Å². The van der Waals surface area contributed by atoms with Crippen LogP contribution in [0.1, 0.15) is 5.56 Å². The zero-order valence-corrected chi connectivity index (χ0v) is 13.7. The van der Waals surface area contributed by atoms with Crippen LogP contribution in [0.5, 0.6) is 0 Å². The van der Waals surface area contributed by atoms with Crippen LogP contribution in [0.15, 0.2) is 36.7 Å². The topological polar surface area (TPSA) is 73.1 Å². The number of pyridine rings is 1. The molecular weight excluding hydrogens is 324 g/mol. The highest BCUT2D eigenvalue weighted by Crippen LogP contribution is 2.28. The first-order valence-electron chi connectivity index (χ1n) is 7.80. The number of hydrogen-bond donors (Lipinski definition) is 1. The Balaban J connectivity index is 1.58. The van der Waals surface area contributed by atoms with Crippen LogP contribution in [0.2, 0.25) is 5.15 Å². The number of fused-ring (bicyclic) bond motifs is 1. The van der Waals surface area contributed by atoms with Gasteiger partial charge in [0.1, 0.15) is 6.07 Å². The minimum absolute atomic E-state index is 0.477. The maximum Gasteiger partial charge on any atom is 0.302 e. The van der Waals surface area contributed by atoms with Crippen molar-refractivity contribution in [3.05, 3.63) is 47.4 Å². The molecule has 0 amide bonds. The maximum absolute atomic E-state index is 9.29.